The summed E-state index contributed by atoms with van der Waals surface area (Å²) in [6.07, 6.45) is -3.33. The van der Waals surface area contributed by atoms with E-state index in [4.69, 9.17) is 15.0 Å². The quantitative estimate of drug-likeness (QED) is 0.638. The molecule has 0 aliphatic rings. The fourth-order valence-corrected chi connectivity index (χ4v) is 1.88. The van der Waals surface area contributed by atoms with Crippen LogP contribution in [0.15, 0.2) is 36.5 Å². The molecule has 3 N–H and O–H groups in total. The Morgan fingerprint density at radius 1 is 1.04 bits per heavy atom. The first kappa shape index (κ1) is 16.3. The summed E-state index contributed by atoms with van der Waals surface area (Å²) < 4.78 is 31.7. The minimum atomic E-state index is -5.08. The van der Waals surface area contributed by atoms with Gasteiger partial charge in [-0.1, -0.05) is 18.2 Å². The summed E-state index contributed by atoms with van der Waals surface area (Å²) in [5, 5.41) is 25.8. The number of hydrogen-bond donors (Lipinski definition) is 3. The molecule has 3 aromatic rings. The molecule has 0 atom stereocenters. The highest BCUT2D eigenvalue weighted by atomic mass is 19.4. The van der Waals surface area contributed by atoms with Gasteiger partial charge in [0.2, 0.25) is 0 Å². The summed E-state index contributed by atoms with van der Waals surface area (Å²) in [6, 6.07) is 8.90. The van der Waals surface area contributed by atoms with Crippen molar-refractivity contribution in [3.8, 4) is 0 Å². The maximum atomic E-state index is 10.8. The number of alkyl halides is 3. The molecule has 9 heteroatoms. The number of carboxylic acid groups (broad SMARTS) is 2. The Hall–Kier alpha value is -3.10. The molecular weight excluding hydrogens is 317 g/mol. The summed E-state index contributed by atoms with van der Waals surface area (Å²) in [5.74, 6) is -3.67. The van der Waals surface area contributed by atoms with Crippen LogP contribution in [0.5, 0.6) is 0 Å². The van der Waals surface area contributed by atoms with Crippen molar-refractivity contribution < 1.29 is 33.0 Å². The Kier molecular flexibility index (Phi) is 4.21. The maximum Gasteiger partial charge on any atom is 0.490 e. The number of carbonyl (C=O) groups is 2. The Morgan fingerprint density at radius 3 is 2.22 bits per heavy atom. The van der Waals surface area contributed by atoms with Crippen LogP contribution in [-0.4, -0.2) is 38.5 Å². The summed E-state index contributed by atoms with van der Waals surface area (Å²) in [6.45, 7) is 0. The van der Waals surface area contributed by atoms with E-state index in [-0.39, 0.29) is 0 Å². The molecule has 0 fully saturated rings. The van der Waals surface area contributed by atoms with Crippen LogP contribution >= 0.6 is 0 Å². The lowest BCUT2D eigenvalue weighted by molar-refractivity contribution is -0.192. The second-order valence-corrected chi connectivity index (χ2v) is 4.44. The molecule has 0 saturated carbocycles. The summed E-state index contributed by atoms with van der Waals surface area (Å²) in [7, 11) is 0. The van der Waals surface area contributed by atoms with E-state index in [0.29, 0.717) is 5.56 Å². The van der Waals surface area contributed by atoms with Gasteiger partial charge in [0, 0.05) is 10.8 Å². The third kappa shape index (κ3) is 3.57. The lowest BCUT2D eigenvalue weighted by atomic mass is 10.0. The van der Waals surface area contributed by atoms with Crippen molar-refractivity contribution in [3.63, 3.8) is 0 Å². The SMILES string of the molecule is O=C(O)C(F)(F)F.O=C(O)c1ccc2c(ccc3cn[nH]c32)c1. The molecule has 0 aliphatic heterocycles. The number of hydrogen-bond acceptors (Lipinski definition) is 3. The van der Waals surface area contributed by atoms with Gasteiger partial charge < -0.3 is 10.2 Å². The van der Waals surface area contributed by atoms with Gasteiger partial charge in [0.05, 0.1) is 17.3 Å². The van der Waals surface area contributed by atoms with E-state index >= 15 is 0 Å². The average molecular weight is 326 g/mol. The average Bonchev–Trinajstić information content (AvgIpc) is 2.95. The second-order valence-electron chi connectivity index (χ2n) is 4.44. The fourth-order valence-electron chi connectivity index (χ4n) is 1.88. The second kappa shape index (κ2) is 5.95. The van der Waals surface area contributed by atoms with Gasteiger partial charge >= 0.3 is 18.1 Å². The number of rotatable bonds is 1. The van der Waals surface area contributed by atoms with Crippen molar-refractivity contribution in [1.29, 1.82) is 0 Å². The molecule has 0 spiro atoms. The van der Waals surface area contributed by atoms with Gasteiger partial charge in [0.25, 0.3) is 0 Å². The first-order chi connectivity index (χ1) is 10.7. The lowest BCUT2D eigenvalue weighted by Crippen LogP contribution is -2.21. The summed E-state index contributed by atoms with van der Waals surface area (Å²) in [4.78, 5) is 19.7. The number of aromatic nitrogens is 2. The van der Waals surface area contributed by atoms with E-state index in [1.165, 1.54) is 0 Å². The Balaban J connectivity index is 0.000000236. The Morgan fingerprint density at radius 2 is 1.65 bits per heavy atom. The van der Waals surface area contributed by atoms with Crippen LogP contribution in [0.25, 0.3) is 21.7 Å². The van der Waals surface area contributed by atoms with Gasteiger partial charge in [0.1, 0.15) is 0 Å². The molecule has 120 valence electrons. The molecule has 0 bridgehead atoms. The van der Waals surface area contributed by atoms with E-state index in [1.807, 2.05) is 12.1 Å². The van der Waals surface area contributed by atoms with Crippen molar-refractivity contribution in [3.05, 3.63) is 42.1 Å². The van der Waals surface area contributed by atoms with Gasteiger partial charge in [-0.2, -0.15) is 18.3 Å². The molecular formula is C14H9F3N2O4. The molecule has 0 aliphatic carbocycles. The molecule has 2 aromatic carbocycles. The number of halogens is 3. The zero-order chi connectivity index (χ0) is 17.2. The molecule has 0 saturated heterocycles. The molecule has 23 heavy (non-hydrogen) atoms. The highest BCUT2D eigenvalue weighted by Crippen LogP contribution is 2.24. The Labute approximate surface area is 126 Å². The van der Waals surface area contributed by atoms with Crippen molar-refractivity contribution in [2.75, 3.05) is 0 Å². The topological polar surface area (TPSA) is 103 Å². The molecule has 3 rings (SSSR count). The lowest BCUT2D eigenvalue weighted by Gasteiger charge is -2.00. The summed E-state index contributed by atoms with van der Waals surface area (Å²) >= 11 is 0. The normalized spacial score (nSPS) is 11.1. The van der Waals surface area contributed by atoms with Crippen LogP contribution in [0.4, 0.5) is 13.2 Å². The van der Waals surface area contributed by atoms with Crippen LogP contribution in [0, 0.1) is 0 Å². The van der Waals surface area contributed by atoms with Gasteiger partial charge in [-0.3, -0.25) is 5.10 Å². The predicted molar refractivity (Wildman–Crippen MR) is 74.2 cm³/mol. The van der Waals surface area contributed by atoms with E-state index in [9.17, 15) is 18.0 Å². The molecule has 0 radical (unpaired) electrons. The number of nitrogens with one attached hydrogen (secondary N) is 1. The van der Waals surface area contributed by atoms with Crippen LogP contribution in [0.3, 0.4) is 0 Å². The predicted octanol–water partition coefficient (Wildman–Crippen LogP) is 3.05. The number of carboxylic acids is 2. The minimum Gasteiger partial charge on any atom is -0.478 e. The monoisotopic (exact) mass is 326 g/mol. The van der Waals surface area contributed by atoms with Crippen molar-refractivity contribution in [2.45, 2.75) is 6.18 Å². The van der Waals surface area contributed by atoms with Crippen molar-refractivity contribution in [1.82, 2.24) is 10.2 Å². The minimum absolute atomic E-state index is 0.298. The fraction of sp³-hybridized carbons (Fsp3) is 0.0714. The highest BCUT2D eigenvalue weighted by Gasteiger charge is 2.38. The largest absolute Gasteiger partial charge is 0.490 e. The van der Waals surface area contributed by atoms with Gasteiger partial charge in [-0.25, -0.2) is 9.59 Å². The first-order valence-corrected chi connectivity index (χ1v) is 6.09. The van der Waals surface area contributed by atoms with Crippen LogP contribution in [-0.2, 0) is 4.79 Å². The van der Waals surface area contributed by atoms with Crippen molar-refractivity contribution >= 4 is 33.6 Å². The molecule has 6 nitrogen and oxygen atoms in total. The maximum absolute atomic E-state index is 10.8. The van der Waals surface area contributed by atoms with Gasteiger partial charge in [-0.05, 0) is 17.5 Å². The molecule has 1 heterocycles. The van der Waals surface area contributed by atoms with E-state index in [1.54, 1.807) is 24.4 Å². The van der Waals surface area contributed by atoms with Crippen LogP contribution in [0.1, 0.15) is 10.4 Å². The number of benzene rings is 2. The molecule has 1 aromatic heterocycles. The highest BCUT2D eigenvalue weighted by molar-refractivity contribution is 6.06. The third-order valence-electron chi connectivity index (χ3n) is 2.92. The van der Waals surface area contributed by atoms with E-state index < -0.39 is 18.1 Å². The number of nitrogens with zero attached hydrogens (tertiary/aromatic N) is 1. The number of aromatic carboxylic acids is 1. The zero-order valence-corrected chi connectivity index (χ0v) is 11.3. The summed E-state index contributed by atoms with van der Waals surface area (Å²) in [5.41, 5.74) is 1.24. The van der Waals surface area contributed by atoms with Crippen LogP contribution < -0.4 is 0 Å². The number of H-pyrrole nitrogens is 1. The Bertz CT molecular complexity index is 886. The molecule has 0 amide bonds. The molecule has 0 unspecified atom stereocenters. The number of aromatic amines is 1. The van der Waals surface area contributed by atoms with Crippen LogP contribution in [0.2, 0.25) is 0 Å². The van der Waals surface area contributed by atoms with E-state index in [2.05, 4.69) is 10.2 Å². The van der Waals surface area contributed by atoms with Gasteiger partial charge in [-0.15, -0.1) is 0 Å². The number of aliphatic carboxylic acids is 1. The smallest absolute Gasteiger partial charge is 0.478 e. The zero-order valence-electron chi connectivity index (χ0n) is 11.3. The van der Waals surface area contributed by atoms with Gasteiger partial charge in [0.15, 0.2) is 0 Å². The standard InChI is InChI=1S/C12H8N2O2.C2HF3O2/c15-12(16)8-3-4-10-7(5-8)1-2-9-6-13-14-11(9)10;3-2(4,5)1(6)7/h1-6H,(H,13,14)(H,15,16);(H,6,7). The third-order valence-corrected chi connectivity index (χ3v) is 2.92. The first-order valence-electron chi connectivity index (χ1n) is 6.09. The van der Waals surface area contributed by atoms with Crippen molar-refractivity contribution in [2.24, 2.45) is 0 Å². The van der Waals surface area contributed by atoms with E-state index in [0.717, 1.165) is 21.7 Å². The number of fused-ring (bicyclic) bond motifs is 3.